The summed E-state index contributed by atoms with van der Waals surface area (Å²) in [5.41, 5.74) is 2.81. The van der Waals surface area contributed by atoms with Crippen LogP contribution in [-0.2, 0) is 9.63 Å². The van der Waals surface area contributed by atoms with Crippen LogP contribution in [0.1, 0.15) is 30.1 Å². The summed E-state index contributed by atoms with van der Waals surface area (Å²) in [6.07, 6.45) is 1.49. The van der Waals surface area contributed by atoms with Crippen molar-refractivity contribution in [2.45, 2.75) is 19.8 Å². The monoisotopic (exact) mass is 294 g/mol. The highest BCUT2D eigenvalue weighted by Gasteiger charge is 2.29. The number of rotatable bonds is 4. The maximum Gasteiger partial charge on any atom is 0.253 e. The standard InChI is InChI=1S/C15H19FN2O3/c1-2-21-17-14(19)12-4-3-9-18(10-12)15(20)11-5-7-13(16)8-6-11/h5-8,12H,2-4,9-10H2,1H3,(H,17,19). The topological polar surface area (TPSA) is 58.6 Å². The van der Waals surface area contributed by atoms with E-state index in [0.29, 0.717) is 25.3 Å². The highest BCUT2D eigenvalue weighted by molar-refractivity contribution is 5.94. The molecular formula is C15H19FN2O3. The minimum atomic E-state index is -0.376. The molecule has 0 aliphatic carbocycles. The van der Waals surface area contributed by atoms with Crippen LogP contribution in [0.3, 0.4) is 0 Å². The Morgan fingerprint density at radius 2 is 2.10 bits per heavy atom. The highest BCUT2D eigenvalue weighted by Crippen LogP contribution is 2.19. The molecule has 6 heteroatoms. The molecule has 114 valence electrons. The zero-order valence-corrected chi connectivity index (χ0v) is 12.0. The van der Waals surface area contributed by atoms with Crippen molar-refractivity contribution in [1.82, 2.24) is 10.4 Å². The number of benzene rings is 1. The van der Waals surface area contributed by atoms with E-state index in [1.54, 1.807) is 11.8 Å². The summed E-state index contributed by atoms with van der Waals surface area (Å²) < 4.78 is 12.9. The average molecular weight is 294 g/mol. The van der Waals surface area contributed by atoms with Gasteiger partial charge in [0.15, 0.2) is 0 Å². The number of nitrogens with one attached hydrogen (secondary N) is 1. The van der Waals surface area contributed by atoms with E-state index >= 15 is 0 Å². The molecule has 1 N–H and O–H groups in total. The summed E-state index contributed by atoms with van der Waals surface area (Å²) in [4.78, 5) is 30.7. The fraction of sp³-hybridized carbons (Fsp3) is 0.467. The molecule has 1 unspecified atom stereocenters. The lowest BCUT2D eigenvalue weighted by atomic mass is 9.97. The number of nitrogens with zero attached hydrogens (tertiary/aromatic N) is 1. The molecule has 1 aromatic carbocycles. The Kier molecular flexibility index (Phi) is 5.27. The van der Waals surface area contributed by atoms with Crippen LogP contribution in [0.5, 0.6) is 0 Å². The van der Waals surface area contributed by atoms with E-state index in [1.807, 2.05) is 0 Å². The lowest BCUT2D eigenvalue weighted by Gasteiger charge is -2.32. The largest absolute Gasteiger partial charge is 0.338 e. The molecule has 2 rings (SSSR count). The van der Waals surface area contributed by atoms with Crippen LogP contribution in [0, 0.1) is 11.7 Å². The molecule has 1 fully saturated rings. The Bertz CT molecular complexity index is 504. The summed E-state index contributed by atoms with van der Waals surface area (Å²) in [6.45, 7) is 3.14. The Labute approximate surface area is 123 Å². The molecule has 2 amide bonds. The van der Waals surface area contributed by atoms with Gasteiger partial charge in [-0.2, -0.15) is 0 Å². The molecule has 0 aromatic heterocycles. The van der Waals surface area contributed by atoms with Crippen LogP contribution in [0.25, 0.3) is 0 Å². The van der Waals surface area contributed by atoms with Gasteiger partial charge in [-0.15, -0.1) is 0 Å². The van der Waals surface area contributed by atoms with Crippen molar-refractivity contribution in [2.75, 3.05) is 19.7 Å². The van der Waals surface area contributed by atoms with Gasteiger partial charge in [-0.3, -0.25) is 14.4 Å². The van der Waals surface area contributed by atoms with Crippen LogP contribution in [0.4, 0.5) is 4.39 Å². The van der Waals surface area contributed by atoms with Gasteiger partial charge < -0.3 is 4.90 Å². The normalized spacial score (nSPS) is 18.4. The van der Waals surface area contributed by atoms with Gasteiger partial charge in [0.05, 0.1) is 12.5 Å². The van der Waals surface area contributed by atoms with Crippen LogP contribution in [0.15, 0.2) is 24.3 Å². The highest BCUT2D eigenvalue weighted by atomic mass is 19.1. The van der Waals surface area contributed by atoms with Crippen LogP contribution < -0.4 is 5.48 Å². The molecule has 1 aromatic rings. The van der Waals surface area contributed by atoms with E-state index in [2.05, 4.69) is 5.48 Å². The predicted octanol–water partition coefficient (Wildman–Crippen LogP) is 1.75. The Balaban J connectivity index is 1.98. The zero-order valence-electron chi connectivity index (χ0n) is 12.0. The molecule has 0 spiro atoms. The van der Waals surface area contributed by atoms with Crippen molar-refractivity contribution in [3.63, 3.8) is 0 Å². The maximum absolute atomic E-state index is 12.9. The Morgan fingerprint density at radius 1 is 1.38 bits per heavy atom. The molecule has 0 saturated carbocycles. The SMILES string of the molecule is CCONC(=O)C1CCCN(C(=O)c2ccc(F)cc2)C1. The predicted molar refractivity (Wildman–Crippen MR) is 74.8 cm³/mol. The van der Waals surface area contributed by atoms with Gasteiger partial charge in [0.2, 0.25) is 5.91 Å². The lowest BCUT2D eigenvalue weighted by molar-refractivity contribution is -0.138. The van der Waals surface area contributed by atoms with Crippen molar-refractivity contribution in [1.29, 1.82) is 0 Å². The summed E-state index contributed by atoms with van der Waals surface area (Å²) in [6, 6.07) is 5.44. The average Bonchev–Trinajstić information content (AvgIpc) is 2.52. The minimum Gasteiger partial charge on any atom is -0.338 e. The molecule has 0 bridgehead atoms. The molecular weight excluding hydrogens is 275 g/mol. The van der Waals surface area contributed by atoms with Gasteiger partial charge in [0, 0.05) is 18.7 Å². The molecule has 1 aliphatic rings. The molecule has 1 aliphatic heterocycles. The smallest absolute Gasteiger partial charge is 0.253 e. The minimum absolute atomic E-state index is 0.177. The third-order valence-electron chi connectivity index (χ3n) is 3.49. The second-order valence-electron chi connectivity index (χ2n) is 5.00. The Hall–Kier alpha value is -1.95. The number of piperidine rings is 1. The second kappa shape index (κ2) is 7.17. The van der Waals surface area contributed by atoms with Crippen molar-refractivity contribution in [3.05, 3.63) is 35.6 Å². The van der Waals surface area contributed by atoms with Gasteiger partial charge in [-0.25, -0.2) is 9.87 Å². The number of carbonyl (C=O) groups is 2. The first kappa shape index (κ1) is 15.4. The van der Waals surface area contributed by atoms with Crippen LogP contribution in [-0.4, -0.2) is 36.4 Å². The number of halogens is 1. The third kappa shape index (κ3) is 4.01. The van der Waals surface area contributed by atoms with Crippen molar-refractivity contribution >= 4 is 11.8 Å². The summed E-state index contributed by atoms with van der Waals surface area (Å²) in [5.74, 6) is -1.02. The van der Waals surface area contributed by atoms with E-state index in [-0.39, 0.29) is 23.5 Å². The molecule has 21 heavy (non-hydrogen) atoms. The number of likely N-dealkylation sites (tertiary alicyclic amines) is 1. The first-order valence-electron chi connectivity index (χ1n) is 7.08. The molecule has 0 radical (unpaired) electrons. The van der Waals surface area contributed by atoms with Gasteiger partial charge >= 0.3 is 0 Å². The fourth-order valence-electron chi connectivity index (χ4n) is 2.38. The molecule has 1 saturated heterocycles. The number of hydrogen-bond acceptors (Lipinski definition) is 3. The third-order valence-corrected chi connectivity index (χ3v) is 3.49. The molecule has 5 nitrogen and oxygen atoms in total. The van der Waals surface area contributed by atoms with Gasteiger partial charge in [0.1, 0.15) is 5.82 Å². The number of hydroxylamine groups is 1. The fourth-order valence-corrected chi connectivity index (χ4v) is 2.38. The second-order valence-corrected chi connectivity index (χ2v) is 5.00. The van der Waals surface area contributed by atoms with Crippen molar-refractivity contribution < 1.29 is 18.8 Å². The first-order chi connectivity index (χ1) is 10.1. The summed E-state index contributed by atoms with van der Waals surface area (Å²) >= 11 is 0. The quantitative estimate of drug-likeness (QED) is 0.861. The van der Waals surface area contributed by atoms with Gasteiger partial charge in [0.25, 0.3) is 5.91 Å². The maximum atomic E-state index is 12.9. The van der Waals surface area contributed by atoms with E-state index < -0.39 is 0 Å². The van der Waals surface area contributed by atoms with E-state index in [0.717, 1.165) is 12.8 Å². The molecule has 1 heterocycles. The van der Waals surface area contributed by atoms with Crippen molar-refractivity contribution in [3.8, 4) is 0 Å². The van der Waals surface area contributed by atoms with Gasteiger partial charge in [-0.05, 0) is 44.0 Å². The van der Waals surface area contributed by atoms with Crippen LogP contribution >= 0.6 is 0 Å². The first-order valence-corrected chi connectivity index (χ1v) is 7.08. The van der Waals surface area contributed by atoms with Crippen molar-refractivity contribution in [2.24, 2.45) is 5.92 Å². The Morgan fingerprint density at radius 3 is 2.76 bits per heavy atom. The lowest BCUT2D eigenvalue weighted by Crippen LogP contribution is -2.45. The van der Waals surface area contributed by atoms with E-state index in [9.17, 15) is 14.0 Å². The molecule has 1 atom stereocenters. The number of amides is 2. The number of carbonyl (C=O) groups excluding carboxylic acids is 2. The van der Waals surface area contributed by atoms with E-state index in [1.165, 1.54) is 24.3 Å². The number of hydrogen-bond donors (Lipinski definition) is 1. The van der Waals surface area contributed by atoms with Gasteiger partial charge in [-0.1, -0.05) is 0 Å². The zero-order chi connectivity index (χ0) is 15.2. The summed E-state index contributed by atoms with van der Waals surface area (Å²) in [7, 11) is 0. The van der Waals surface area contributed by atoms with Crippen LogP contribution in [0.2, 0.25) is 0 Å². The van der Waals surface area contributed by atoms with E-state index in [4.69, 9.17) is 4.84 Å². The summed E-state index contributed by atoms with van der Waals surface area (Å²) in [5, 5.41) is 0.